The normalized spacial score (nSPS) is 13.3. The molecule has 1 heterocycles. The van der Waals surface area contributed by atoms with Crippen LogP contribution in [-0.2, 0) is 9.84 Å². The Kier molecular flexibility index (Phi) is 7.18. The zero-order valence-corrected chi connectivity index (χ0v) is 16.6. The molecule has 11 heteroatoms. The van der Waals surface area contributed by atoms with Gasteiger partial charge in [0, 0.05) is 23.1 Å². The molecule has 1 unspecified atom stereocenters. The molecule has 0 aliphatic rings. The summed E-state index contributed by atoms with van der Waals surface area (Å²) in [5.74, 6) is -0.635. The zero-order chi connectivity index (χ0) is 20.9. The minimum absolute atomic E-state index is 0.0266. The number of thiazole rings is 1. The second-order valence-electron chi connectivity index (χ2n) is 6.06. The van der Waals surface area contributed by atoms with Crippen LogP contribution in [0.25, 0.3) is 11.3 Å². The molecule has 1 amide bonds. The number of aromatic nitrogens is 1. The lowest BCUT2D eigenvalue weighted by molar-refractivity contribution is -0.132. The van der Waals surface area contributed by atoms with E-state index in [1.54, 1.807) is 24.4 Å². The van der Waals surface area contributed by atoms with Crippen LogP contribution in [0.2, 0.25) is 0 Å². The van der Waals surface area contributed by atoms with E-state index in [4.69, 9.17) is 5.73 Å². The van der Waals surface area contributed by atoms with Gasteiger partial charge >= 0.3 is 6.18 Å². The first-order chi connectivity index (χ1) is 13.0. The van der Waals surface area contributed by atoms with E-state index in [1.165, 1.54) is 12.1 Å². The number of sulfone groups is 1. The molecule has 0 aliphatic heterocycles. The minimum atomic E-state index is -4.33. The molecule has 28 heavy (non-hydrogen) atoms. The number of carbonyl (C=O) groups is 1. The topological polar surface area (TPSA) is 102 Å². The van der Waals surface area contributed by atoms with E-state index in [9.17, 15) is 26.4 Å². The van der Waals surface area contributed by atoms with Crippen LogP contribution >= 0.6 is 11.3 Å². The van der Waals surface area contributed by atoms with Crippen LogP contribution < -0.4 is 11.1 Å². The van der Waals surface area contributed by atoms with Gasteiger partial charge in [-0.05, 0) is 18.6 Å². The van der Waals surface area contributed by atoms with Crippen molar-refractivity contribution in [2.24, 2.45) is 5.73 Å². The van der Waals surface area contributed by atoms with Crippen LogP contribution in [0.3, 0.4) is 0 Å². The standard InChI is InChI=1S/C17H20F3N3O3S2/c1-2-9-28(25,26)14(21)16-23-13(10-27-16)11-3-5-12(6-4-11)15(24)22-8-7-17(18,19)20/h3-6,10,14H,2,7-9,21H2,1H3,(H,22,24). The lowest BCUT2D eigenvalue weighted by atomic mass is 10.1. The Balaban J connectivity index is 2.06. The fourth-order valence-corrected chi connectivity index (χ4v) is 4.82. The van der Waals surface area contributed by atoms with Crippen molar-refractivity contribution in [3.8, 4) is 11.3 Å². The van der Waals surface area contributed by atoms with Crippen LogP contribution in [-0.4, -0.2) is 37.8 Å². The zero-order valence-electron chi connectivity index (χ0n) is 15.0. The largest absolute Gasteiger partial charge is 0.390 e. The summed E-state index contributed by atoms with van der Waals surface area (Å²) in [6.07, 6.45) is -4.97. The van der Waals surface area contributed by atoms with Crippen molar-refractivity contribution >= 4 is 27.1 Å². The first-order valence-corrected chi connectivity index (χ1v) is 11.0. The summed E-state index contributed by atoms with van der Waals surface area (Å²) < 4.78 is 60.5. The Morgan fingerprint density at radius 3 is 2.50 bits per heavy atom. The number of amides is 1. The lowest BCUT2D eigenvalue weighted by Crippen LogP contribution is -2.27. The summed E-state index contributed by atoms with van der Waals surface area (Å²) in [5, 5.41) is 2.95. The Labute approximate surface area is 164 Å². The molecular weight excluding hydrogens is 415 g/mol. The van der Waals surface area contributed by atoms with Crippen LogP contribution in [0.4, 0.5) is 13.2 Å². The number of rotatable bonds is 8. The van der Waals surface area contributed by atoms with E-state index in [1.807, 2.05) is 0 Å². The number of nitrogens with two attached hydrogens (primary N) is 1. The van der Waals surface area contributed by atoms with Crippen molar-refractivity contribution in [2.75, 3.05) is 12.3 Å². The third-order valence-corrected chi connectivity index (χ3v) is 6.83. The molecule has 3 N–H and O–H groups in total. The molecule has 1 atom stereocenters. The van der Waals surface area contributed by atoms with Gasteiger partial charge in [0.2, 0.25) is 0 Å². The van der Waals surface area contributed by atoms with E-state index < -0.39 is 40.3 Å². The van der Waals surface area contributed by atoms with Gasteiger partial charge in [-0.25, -0.2) is 13.4 Å². The van der Waals surface area contributed by atoms with Gasteiger partial charge in [0.25, 0.3) is 5.91 Å². The molecule has 1 aromatic carbocycles. The molecule has 0 radical (unpaired) electrons. The van der Waals surface area contributed by atoms with Crippen LogP contribution in [0.5, 0.6) is 0 Å². The Morgan fingerprint density at radius 2 is 1.93 bits per heavy atom. The van der Waals surface area contributed by atoms with Crippen LogP contribution in [0, 0.1) is 0 Å². The van der Waals surface area contributed by atoms with Crippen molar-refractivity contribution in [1.82, 2.24) is 10.3 Å². The van der Waals surface area contributed by atoms with Crippen molar-refractivity contribution in [2.45, 2.75) is 31.3 Å². The molecule has 0 saturated carbocycles. The molecule has 1 aromatic heterocycles. The monoisotopic (exact) mass is 435 g/mol. The van der Waals surface area contributed by atoms with Crippen LogP contribution in [0.15, 0.2) is 29.6 Å². The summed E-state index contributed by atoms with van der Waals surface area (Å²) in [4.78, 5) is 16.1. The Bertz CT molecular complexity index is 910. The van der Waals surface area contributed by atoms with Crippen LogP contribution in [0.1, 0.15) is 40.5 Å². The van der Waals surface area contributed by atoms with Gasteiger partial charge in [-0.1, -0.05) is 19.1 Å². The second kappa shape index (κ2) is 9.01. The summed E-state index contributed by atoms with van der Waals surface area (Å²) in [6.45, 7) is 1.25. The van der Waals surface area contributed by atoms with E-state index in [0.29, 0.717) is 17.7 Å². The highest BCUT2D eigenvalue weighted by Gasteiger charge is 2.27. The van der Waals surface area contributed by atoms with Gasteiger partial charge in [0.1, 0.15) is 5.01 Å². The highest BCUT2D eigenvalue weighted by Crippen LogP contribution is 2.27. The first-order valence-electron chi connectivity index (χ1n) is 8.41. The predicted octanol–water partition coefficient (Wildman–Crippen LogP) is 3.27. The summed E-state index contributed by atoms with van der Waals surface area (Å²) in [6, 6.07) is 6.10. The highest BCUT2D eigenvalue weighted by atomic mass is 32.2. The van der Waals surface area contributed by atoms with E-state index in [0.717, 1.165) is 11.3 Å². The fraction of sp³-hybridized carbons (Fsp3) is 0.412. The van der Waals surface area contributed by atoms with Gasteiger partial charge < -0.3 is 11.1 Å². The van der Waals surface area contributed by atoms with Crippen molar-refractivity contribution in [1.29, 1.82) is 0 Å². The maximum Gasteiger partial charge on any atom is 0.390 e. The number of halogens is 3. The number of nitrogens with zero attached hydrogens (tertiary/aromatic N) is 1. The van der Waals surface area contributed by atoms with Crippen molar-refractivity contribution < 1.29 is 26.4 Å². The number of hydrogen-bond acceptors (Lipinski definition) is 6. The van der Waals surface area contributed by atoms with E-state index in [-0.39, 0.29) is 16.3 Å². The molecule has 6 nitrogen and oxygen atoms in total. The summed E-state index contributed by atoms with van der Waals surface area (Å²) in [7, 11) is -3.48. The first kappa shape index (κ1) is 22.3. The predicted molar refractivity (Wildman–Crippen MR) is 102 cm³/mol. The SMILES string of the molecule is CCCS(=O)(=O)C(N)c1nc(-c2ccc(C(=O)NCCC(F)(F)F)cc2)cs1. The Morgan fingerprint density at radius 1 is 1.29 bits per heavy atom. The number of benzene rings is 1. The van der Waals surface area contributed by atoms with Crippen molar-refractivity contribution in [3.05, 3.63) is 40.2 Å². The molecule has 154 valence electrons. The molecule has 2 rings (SSSR count). The van der Waals surface area contributed by atoms with Gasteiger partial charge in [0.05, 0.1) is 17.9 Å². The quantitative estimate of drug-likeness (QED) is 0.663. The van der Waals surface area contributed by atoms with Gasteiger partial charge in [-0.2, -0.15) is 13.2 Å². The maximum absolute atomic E-state index is 12.1. The van der Waals surface area contributed by atoms with E-state index in [2.05, 4.69) is 10.3 Å². The molecule has 0 spiro atoms. The smallest absolute Gasteiger partial charge is 0.352 e. The molecule has 2 aromatic rings. The highest BCUT2D eigenvalue weighted by molar-refractivity contribution is 7.91. The summed E-state index contributed by atoms with van der Waals surface area (Å²) in [5.41, 5.74) is 7.17. The number of carbonyl (C=O) groups excluding carboxylic acids is 1. The molecule has 0 fully saturated rings. The van der Waals surface area contributed by atoms with Crippen molar-refractivity contribution in [3.63, 3.8) is 0 Å². The van der Waals surface area contributed by atoms with E-state index >= 15 is 0 Å². The fourth-order valence-electron chi connectivity index (χ4n) is 2.33. The Hall–Kier alpha value is -1.98. The lowest BCUT2D eigenvalue weighted by Gasteiger charge is -2.09. The van der Waals surface area contributed by atoms with Gasteiger partial charge in [0.15, 0.2) is 15.2 Å². The molecule has 0 aliphatic carbocycles. The average molecular weight is 435 g/mol. The van der Waals surface area contributed by atoms with Gasteiger partial charge in [-0.15, -0.1) is 11.3 Å². The summed E-state index contributed by atoms with van der Waals surface area (Å²) >= 11 is 1.13. The third-order valence-electron chi connectivity index (χ3n) is 3.78. The minimum Gasteiger partial charge on any atom is -0.352 e. The van der Waals surface area contributed by atoms with Gasteiger partial charge in [-0.3, -0.25) is 4.79 Å². The number of hydrogen-bond donors (Lipinski definition) is 2. The number of nitrogens with one attached hydrogen (secondary N) is 1. The molecule has 0 bridgehead atoms. The number of alkyl halides is 3. The maximum atomic E-state index is 12.1. The third kappa shape index (κ3) is 6.01. The molecule has 0 saturated heterocycles. The second-order valence-corrected chi connectivity index (χ2v) is 9.19. The average Bonchev–Trinajstić information content (AvgIpc) is 3.10. The molecular formula is C17H20F3N3O3S2.